The average molecular weight is 325 g/mol. The minimum Gasteiger partial charge on any atom is -0.394 e. The van der Waals surface area contributed by atoms with Crippen LogP contribution in [-0.2, 0) is 11.2 Å². The fourth-order valence-corrected chi connectivity index (χ4v) is 2.67. The maximum Gasteiger partial charge on any atom is 0.351 e. The quantitative estimate of drug-likeness (QED) is 0.528. The van der Waals surface area contributed by atoms with E-state index in [1.807, 2.05) is 19.9 Å². The minimum atomic E-state index is -1.34. The van der Waals surface area contributed by atoms with Crippen LogP contribution in [0.15, 0.2) is 22.6 Å². The number of anilines is 1. The molecule has 0 spiro atoms. The molecule has 1 saturated heterocycles. The van der Waals surface area contributed by atoms with Crippen molar-refractivity contribution in [2.75, 3.05) is 12.3 Å². The number of nitrogen functional groups attached to an aromatic ring is 1. The summed E-state index contributed by atoms with van der Waals surface area (Å²) in [6.07, 6.45) is 0.242. The van der Waals surface area contributed by atoms with Gasteiger partial charge >= 0.3 is 5.69 Å². The molecular formula is C15H23N3O5. The van der Waals surface area contributed by atoms with E-state index in [0.717, 1.165) is 16.6 Å². The van der Waals surface area contributed by atoms with Crippen molar-refractivity contribution in [2.45, 2.75) is 51.2 Å². The maximum absolute atomic E-state index is 12.1. The largest absolute Gasteiger partial charge is 0.394 e. The second-order valence-electron chi connectivity index (χ2n) is 5.71. The predicted molar refractivity (Wildman–Crippen MR) is 83.7 cm³/mol. The minimum absolute atomic E-state index is 0.127. The zero-order valence-electron chi connectivity index (χ0n) is 13.2. The van der Waals surface area contributed by atoms with Crippen LogP contribution in [0.25, 0.3) is 0 Å². The SMILES string of the molecule is CCC=C(C)Cc1cn([C@@H]2O[C@H](CO)C(O)C2O)c(=O)nc1N. The Kier molecular flexibility index (Phi) is 5.53. The topological polar surface area (TPSA) is 131 Å². The zero-order valence-corrected chi connectivity index (χ0v) is 13.2. The number of nitrogens with two attached hydrogens (primary N) is 1. The summed E-state index contributed by atoms with van der Waals surface area (Å²) in [7, 11) is 0. The number of hydrogen-bond acceptors (Lipinski definition) is 7. The third-order valence-corrected chi connectivity index (χ3v) is 3.87. The van der Waals surface area contributed by atoms with E-state index in [-0.39, 0.29) is 5.82 Å². The van der Waals surface area contributed by atoms with Crippen molar-refractivity contribution in [2.24, 2.45) is 0 Å². The van der Waals surface area contributed by atoms with Crippen LogP contribution < -0.4 is 11.4 Å². The summed E-state index contributed by atoms with van der Waals surface area (Å²) in [6, 6.07) is 0. The molecule has 0 aromatic carbocycles. The zero-order chi connectivity index (χ0) is 17.1. The lowest BCUT2D eigenvalue weighted by Gasteiger charge is -2.18. The molecule has 0 amide bonds. The molecule has 8 heteroatoms. The van der Waals surface area contributed by atoms with E-state index in [2.05, 4.69) is 4.98 Å². The van der Waals surface area contributed by atoms with E-state index in [0.29, 0.717) is 12.0 Å². The van der Waals surface area contributed by atoms with Gasteiger partial charge in [-0.25, -0.2) is 4.79 Å². The van der Waals surface area contributed by atoms with Crippen molar-refractivity contribution in [3.05, 3.63) is 33.9 Å². The van der Waals surface area contributed by atoms with Gasteiger partial charge in [-0.1, -0.05) is 18.6 Å². The van der Waals surface area contributed by atoms with Crippen LogP contribution in [0.1, 0.15) is 32.1 Å². The molecule has 1 fully saturated rings. The second kappa shape index (κ2) is 7.22. The van der Waals surface area contributed by atoms with Gasteiger partial charge in [0.05, 0.1) is 6.61 Å². The van der Waals surface area contributed by atoms with Gasteiger partial charge in [-0.05, 0) is 19.8 Å². The van der Waals surface area contributed by atoms with Crippen LogP contribution in [0.5, 0.6) is 0 Å². The van der Waals surface area contributed by atoms with E-state index >= 15 is 0 Å². The number of ether oxygens (including phenoxy) is 1. The Morgan fingerprint density at radius 3 is 2.74 bits per heavy atom. The molecule has 1 aromatic rings. The van der Waals surface area contributed by atoms with Crippen LogP contribution in [-0.4, -0.2) is 49.8 Å². The molecule has 1 aliphatic heterocycles. The molecule has 5 N–H and O–H groups in total. The predicted octanol–water partition coefficient (Wildman–Crippen LogP) is -0.664. The summed E-state index contributed by atoms with van der Waals surface area (Å²) in [5.41, 5.74) is 6.83. The van der Waals surface area contributed by atoms with E-state index in [4.69, 9.17) is 15.6 Å². The summed E-state index contributed by atoms with van der Waals surface area (Å²) in [4.78, 5) is 15.8. The molecule has 2 rings (SSSR count). The Morgan fingerprint density at radius 1 is 1.48 bits per heavy atom. The molecule has 8 nitrogen and oxygen atoms in total. The van der Waals surface area contributed by atoms with Crippen molar-refractivity contribution < 1.29 is 20.1 Å². The van der Waals surface area contributed by atoms with Gasteiger partial charge in [-0.2, -0.15) is 4.98 Å². The Balaban J connectivity index is 2.36. The number of aliphatic hydroxyl groups excluding tert-OH is 3. The van der Waals surface area contributed by atoms with E-state index in [9.17, 15) is 15.0 Å². The Bertz CT molecular complexity index is 642. The van der Waals surface area contributed by atoms with Gasteiger partial charge in [-0.15, -0.1) is 0 Å². The Labute approximate surface area is 133 Å². The fourth-order valence-electron chi connectivity index (χ4n) is 2.67. The number of aliphatic hydroxyl groups is 3. The van der Waals surface area contributed by atoms with Crippen LogP contribution in [0.3, 0.4) is 0 Å². The first-order valence-electron chi connectivity index (χ1n) is 7.54. The number of nitrogens with zero attached hydrogens (tertiary/aromatic N) is 2. The lowest BCUT2D eigenvalue weighted by atomic mass is 10.1. The standard InChI is InChI=1S/C15H23N3O5/c1-3-4-8(2)5-9-6-18(15(22)17-13(9)16)14-12(21)11(20)10(7-19)23-14/h4,6,10-12,14,19-21H,3,5,7H2,1-2H3,(H2,16,17,22)/t10-,11?,12?,14-/m1/s1. The van der Waals surface area contributed by atoms with E-state index < -0.39 is 36.8 Å². The molecule has 0 bridgehead atoms. The second-order valence-corrected chi connectivity index (χ2v) is 5.71. The number of aromatic nitrogens is 2. The van der Waals surface area contributed by atoms with E-state index in [1.165, 1.54) is 6.20 Å². The van der Waals surface area contributed by atoms with Crippen molar-refractivity contribution in [1.29, 1.82) is 0 Å². The van der Waals surface area contributed by atoms with Crippen molar-refractivity contribution in [3.63, 3.8) is 0 Å². The van der Waals surface area contributed by atoms with Gasteiger partial charge < -0.3 is 25.8 Å². The van der Waals surface area contributed by atoms with Crippen LogP contribution in [0.2, 0.25) is 0 Å². The molecular weight excluding hydrogens is 302 g/mol. The van der Waals surface area contributed by atoms with Gasteiger partial charge in [0.2, 0.25) is 0 Å². The highest BCUT2D eigenvalue weighted by atomic mass is 16.6. The molecule has 0 aliphatic carbocycles. The van der Waals surface area contributed by atoms with E-state index in [1.54, 1.807) is 0 Å². The van der Waals surface area contributed by atoms with Gasteiger partial charge in [0.15, 0.2) is 6.23 Å². The first kappa shape index (κ1) is 17.6. The third kappa shape index (κ3) is 3.61. The normalized spacial score (nSPS) is 28.3. The molecule has 23 heavy (non-hydrogen) atoms. The third-order valence-electron chi connectivity index (χ3n) is 3.87. The molecule has 0 saturated carbocycles. The van der Waals surface area contributed by atoms with Gasteiger partial charge in [-0.3, -0.25) is 4.57 Å². The molecule has 1 aromatic heterocycles. The lowest BCUT2D eigenvalue weighted by molar-refractivity contribution is -0.0550. The molecule has 128 valence electrons. The van der Waals surface area contributed by atoms with Gasteiger partial charge in [0.1, 0.15) is 24.1 Å². The Morgan fingerprint density at radius 2 is 2.17 bits per heavy atom. The molecule has 0 radical (unpaired) electrons. The molecule has 2 unspecified atom stereocenters. The van der Waals surface area contributed by atoms with Crippen LogP contribution in [0, 0.1) is 0 Å². The summed E-state index contributed by atoms with van der Waals surface area (Å²) >= 11 is 0. The summed E-state index contributed by atoms with van der Waals surface area (Å²) in [5.74, 6) is 0.127. The average Bonchev–Trinajstić information content (AvgIpc) is 2.78. The highest BCUT2D eigenvalue weighted by molar-refractivity contribution is 5.39. The number of allylic oxidation sites excluding steroid dienone is 2. The summed E-state index contributed by atoms with van der Waals surface area (Å²) < 4.78 is 6.47. The van der Waals surface area contributed by atoms with Gasteiger partial charge in [0.25, 0.3) is 0 Å². The van der Waals surface area contributed by atoms with Crippen LogP contribution >= 0.6 is 0 Å². The number of hydrogen-bond donors (Lipinski definition) is 4. The van der Waals surface area contributed by atoms with Crippen molar-refractivity contribution in [1.82, 2.24) is 9.55 Å². The maximum atomic E-state index is 12.1. The van der Waals surface area contributed by atoms with Crippen LogP contribution in [0.4, 0.5) is 5.82 Å². The highest BCUT2D eigenvalue weighted by Crippen LogP contribution is 2.28. The lowest BCUT2D eigenvalue weighted by Crippen LogP contribution is -2.36. The molecule has 1 aliphatic rings. The summed E-state index contributed by atoms with van der Waals surface area (Å²) in [5, 5.41) is 29.0. The molecule has 4 atom stereocenters. The molecule has 2 heterocycles. The van der Waals surface area contributed by atoms with Crippen molar-refractivity contribution >= 4 is 5.82 Å². The Hall–Kier alpha value is -1.74. The first-order chi connectivity index (χ1) is 10.9. The number of rotatable bonds is 5. The first-order valence-corrected chi connectivity index (χ1v) is 7.54. The van der Waals surface area contributed by atoms with Crippen molar-refractivity contribution in [3.8, 4) is 0 Å². The smallest absolute Gasteiger partial charge is 0.351 e. The highest BCUT2D eigenvalue weighted by Gasteiger charge is 2.43. The fraction of sp³-hybridized carbons (Fsp3) is 0.600. The van der Waals surface area contributed by atoms with Gasteiger partial charge in [0, 0.05) is 11.8 Å². The summed E-state index contributed by atoms with van der Waals surface area (Å²) in [6.45, 7) is 3.51. The monoisotopic (exact) mass is 325 g/mol.